The van der Waals surface area contributed by atoms with Gasteiger partial charge in [-0.25, -0.2) is 8.78 Å². The minimum Gasteiger partial charge on any atom is -0.484 e. The van der Waals surface area contributed by atoms with Crippen LogP contribution in [0.5, 0.6) is 5.75 Å². The van der Waals surface area contributed by atoms with Gasteiger partial charge in [0.05, 0.1) is 17.8 Å². The Morgan fingerprint density at radius 3 is 2.63 bits per heavy atom. The van der Waals surface area contributed by atoms with Crippen LogP contribution in [0.3, 0.4) is 0 Å². The maximum atomic E-state index is 13.9. The third-order valence-corrected chi connectivity index (χ3v) is 5.65. The molecule has 4 rings (SSSR count). The van der Waals surface area contributed by atoms with Crippen LogP contribution in [-0.4, -0.2) is 60.4 Å². The Kier molecular flexibility index (Phi) is 5.42. The molecule has 0 atom stereocenters. The Hall–Kier alpha value is -3.00. The highest BCUT2D eigenvalue weighted by Gasteiger charge is 2.42. The monoisotopic (exact) mass is 415 g/mol. The zero-order valence-electron chi connectivity index (χ0n) is 16.7. The molecule has 0 radical (unpaired) electrons. The molecule has 0 aliphatic carbocycles. The number of piperidine rings is 1. The van der Waals surface area contributed by atoms with Gasteiger partial charge in [0, 0.05) is 32.0 Å². The number of amides is 2. The Labute approximate surface area is 173 Å². The lowest BCUT2D eigenvalue weighted by Crippen LogP contribution is -2.54. The number of halogens is 2. The number of hydrogen-bond donors (Lipinski definition) is 1. The highest BCUT2D eigenvalue weighted by molar-refractivity contribution is 6.01. The van der Waals surface area contributed by atoms with Gasteiger partial charge in [-0.1, -0.05) is 12.1 Å². The first kappa shape index (κ1) is 20.3. The summed E-state index contributed by atoms with van der Waals surface area (Å²) >= 11 is 0. The number of benzene rings is 2. The number of anilines is 1. The summed E-state index contributed by atoms with van der Waals surface area (Å²) in [4.78, 5) is 29.4. The van der Waals surface area contributed by atoms with Crippen LogP contribution in [-0.2, 0) is 4.79 Å². The number of nitrogens with one attached hydrogen (secondary N) is 1. The van der Waals surface area contributed by atoms with Gasteiger partial charge in [0.15, 0.2) is 0 Å². The molecule has 1 fully saturated rings. The molecular weight excluding hydrogens is 392 g/mol. The lowest BCUT2D eigenvalue weighted by molar-refractivity contribution is -0.117. The van der Waals surface area contributed by atoms with E-state index >= 15 is 0 Å². The van der Waals surface area contributed by atoms with Gasteiger partial charge in [-0.3, -0.25) is 9.59 Å². The summed E-state index contributed by atoms with van der Waals surface area (Å²) in [5.41, 5.74) is -0.320. The molecule has 2 aromatic carbocycles. The van der Waals surface area contributed by atoms with E-state index in [1.54, 1.807) is 18.2 Å². The van der Waals surface area contributed by atoms with Crippen LogP contribution in [0, 0.1) is 11.6 Å². The molecule has 0 aromatic heterocycles. The quantitative estimate of drug-likeness (QED) is 0.838. The van der Waals surface area contributed by atoms with Gasteiger partial charge in [0.2, 0.25) is 5.91 Å². The summed E-state index contributed by atoms with van der Waals surface area (Å²) in [6.07, 6.45) is 1.44. The third kappa shape index (κ3) is 4.14. The number of carbonyl (C=O) groups excluding carboxylic acids is 2. The maximum Gasteiger partial charge on any atom is 0.258 e. The Morgan fingerprint density at radius 2 is 1.90 bits per heavy atom. The van der Waals surface area contributed by atoms with Gasteiger partial charge >= 0.3 is 0 Å². The molecule has 2 aliphatic rings. The third-order valence-electron chi connectivity index (χ3n) is 5.65. The fourth-order valence-electron chi connectivity index (χ4n) is 3.96. The molecule has 0 unspecified atom stereocenters. The van der Waals surface area contributed by atoms with E-state index < -0.39 is 23.1 Å². The molecule has 6 nitrogen and oxygen atoms in total. The number of carbonyl (C=O) groups is 2. The number of para-hydroxylation sites is 1. The molecule has 30 heavy (non-hydrogen) atoms. The SMILES string of the molecule is CN1CCC2(CC1)CN(CC(=O)Nc1ccc(F)cc1F)C(=O)c1ccccc1O2. The molecule has 0 saturated carbocycles. The molecule has 0 bridgehead atoms. The van der Waals surface area contributed by atoms with Gasteiger partial charge in [-0.15, -0.1) is 0 Å². The van der Waals surface area contributed by atoms with Gasteiger partial charge in [0.25, 0.3) is 5.91 Å². The van der Waals surface area contributed by atoms with Crippen molar-refractivity contribution >= 4 is 17.5 Å². The van der Waals surface area contributed by atoms with Crippen molar-refractivity contribution in [2.75, 3.05) is 38.5 Å². The summed E-state index contributed by atoms with van der Waals surface area (Å²) in [7, 11) is 2.03. The number of fused-ring (bicyclic) bond motifs is 1. The molecule has 2 aromatic rings. The number of nitrogens with zero attached hydrogens (tertiary/aromatic N) is 2. The van der Waals surface area contributed by atoms with E-state index in [-0.39, 0.29) is 24.7 Å². The largest absolute Gasteiger partial charge is 0.484 e. The van der Waals surface area contributed by atoms with Gasteiger partial charge in [-0.05, 0) is 31.3 Å². The van der Waals surface area contributed by atoms with Crippen molar-refractivity contribution in [3.8, 4) is 5.75 Å². The molecule has 1 spiro atoms. The van der Waals surface area contributed by atoms with Crippen molar-refractivity contribution in [3.63, 3.8) is 0 Å². The van der Waals surface area contributed by atoms with Crippen LogP contribution in [0.25, 0.3) is 0 Å². The molecule has 2 amide bonds. The van der Waals surface area contributed by atoms with Crippen LogP contribution >= 0.6 is 0 Å². The number of likely N-dealkylation sites (tertiary alicyclic amines) is 1. The fourth-order valence-corrected chi connectivity index (χ4v) is 3.96. The average molecular weight is 415 g/mol. The summed E-state index contributed by atoms with van der Waals surface area (Å²) in [5.74, 6) is -1.95. The minimum atomic E-state index is -0.869. The van der Waals surface area contributed by atoms with E-state index in [9.17, 15) is 18.4 Å². The van der Waals surface area contributed by atoms with Crippen LogP contribution in [0.1, 0.15) is 23.2 Å². The van der Waals surface area contributed by atoms with Crippen LogP contribution < -0.4 is 10.1 Å². The molecule has 1 saturated heterocycles. The fraction of sp³-hybridized carbons (Fsp3) is 0.364. The number of hydrogen-bond acceptors (Lipinski definition) is 4. The highest BCUT2D eigenvalue weighted by Crippen LogP contribution is 2.35. The Bertz CT molecular complexity index is 974. The van der Waals surface area contributed by atoms with Crippen molar-refractivity contribution in [1.82, 2.24) is 9.80 Å². The summed E-state index contributed by atoms with van der Waals surface area (Å²) in [5, 5.41) is 2.42. The van der Waals surface area contributed by atoms with E-state index in [1.165, 1.54) is 4.90 Å². The van der Waals surface area contributed by atoms with Crippen LogP contribution in [0.4, 0.5) is 14.5 Å². The van der Waals surface area contributed by atoms with Gasteiger partial charge < -0.3 is 19.9 Å². The summed E-state index contributed by atoms with van der Waals surface area (Å²) < 4.78 is 33.3. The van der Waals surface area contributed by atoms with E-state index in [0.29, 0.717) is 17.4 Å². The van der Waals surface area contributed by atoms with E-state index in [2.05, 4.69) is 10.2 Å². The predicted molar refractivity (Wildman–Crippen MR) is 107 cm³/mol. The molecule has 1 N–H and O–H groups in total. The van der Waals surface area contributed by atoms with Crippen molar-refractivity contribution in [2.45, 2.75) is 18.4 Å². The predicted octanol–water partition coefficient (Wildman–Crippen LogP) is 2.90. The smallest absolute Gasteiger partial charge is 0.258 e. The lowest BCUT2D eigenvalue weighted by Gasteiger charge is -2.41. The Morgan fingerprint density at radius 1 is 1.17 bits per heavy atom. The average Bonchev–Trinajstić information content (AvgIpc) is 2.82. The van der Waals surface area contributed by atoms with Crippen molar-refractivity contribution in [3.05, 3.63) is 59.7 Å². The first-order valence-corrected chi connectivity index (χ1v) is 9.86. The van der Waals surface area contributed by atoms with Crippen LogP contribution in [0.2, 0.25) is 0 Å². The zero-order chi connectivity index (χ0) is 21.3. The highest BCUT2D eigenvalue weighted by atomic mass is 19.1. The van der Waals surface area contributed by atoms with Crippen LogP contribution in [0.15, 0.2) is 42.5 Å². The molecular formula is C22H23F2N3O3. The summed E-state index contributed by atoms with van der Waals surface area (Å²) in [6, 6.07) is 9.93. The van der Waals surface area contributed by atoms with E-state index in [0.717, 1.165) is 38.1 Å². The molecule has 2 aliphatic heterocycles. The van der Waals surface area contributed by atoms with Crippen molar-refractivity contribution in [1.29, 1.82) is 0 Å². The number of ether oxygens (including phenoxy) is 1. The molecule has 158 valence electrons. The van der Waals surface area contributed by atoms with Crippen molar-refractivity contribution in [2.24, 2.45) is 0 Å². The van der Waals surface area contributed by atoms with E-state index in [1.807, 2.05) is 13.1 Å². The second-order valence-corrected chi connectivity index (χ2v) is 7.92. The second-order valence-electron chi connectivity index (χ2n) is 7.92. The Balaban J connectivity index is 1.57. The first-order valence-electron chi connectivity index (χ1n) is 9.86. The van der Waals surface area contributed by atoms with Gasteiger partial charge in [-0.2, -0.15) is 0 Å². The lowest BCUT2D eigenvalue weighted by atomic mass is 9.90. The number of rotatable bonds is 3. The standard InChI is InChI=1S/C22H23F2N3O3/c1-26-10-8-22(9-11-26)14-27(21(29)16-4-2-3-5-19(16)30-22)13-20(28)25-18-7-6-15(23)12-17(18)24/h2-7,12H,8-11,13-14H2,1H3,(H,25,28). The van der Waals surface area contributed by atoms with E-state index in [4.69, 9.17) is 4.74 Å². The van der Waals surface area contributed by atoms with Crippen molar-refractivity contribution < 1.29 is 23.1 Å². The maximum absolute atomic E-state index is 13.9. The van der Waals surface area contributed by atoms with Gasteiger partial charge in [0.1, 0.15) is 29.5 Å². The normalized spacial score (nSPS) is 18.5. The second kappa shape index (κ2) is 8.02. The zero-order valence-corrected chi connectivity index (χ0v) is 16.7. The molecule has 2 heterocycles. The minimum absolute atomic E-state index is 0.130. The summed E-state index contributed by atoms with van der Waals surface area (Å²) in [6.45, 7) is 1.63. The topological polar surface area (TPSA) is 61.9 Å². The molecule has 8 heteroatoms. The first-order chi connectivity index (χ1) is 14.3.